The van der Waals surface area contributed by atoms with Gasteiger partial charge in [-0.3, -0.25) is 0 Å². The van der Waals surface area contributed by atoms with E-state index < -0.39 is 17.9 Å². The fraction of sp³-hybridized carbons (Fsp3) is 0.364. The van der Waals surface area contributed by atoms with Gasteiger partial charge in [0.05, 0.1) is 13.7 Å². The Bertz CT molecular complexity index is 378. The molecule has 1 N–H and O–H groups in total. The molecule has 1 rings (SSSR count). The minimum atomic E-state index is -1.05. The average Bonchev–Trinajstić information content (AvgIpc) is 2.25. The monoisotopic (exact) mass is 228 g/mol. The summed E-state index contributed by atoms with van der Waals surface area (Å²) in [6.45, 7) is 1.47. The molecule has 88 valence electrons. The van der Waals surface area contributed by atoms with Crippen molar-refractivity contribution in [3.05, 3.63) is 29.6 Å². The summed E-state index contributed by atoms with van der Waals surface area (Å²) >= 11 is 0. The first-order valence-corrected chi connectivity index (χ1v) is 4.71. The number of aliphatic carboxylic acids is 1. The number of carboxylic acid groups (broad SMARTS) is 1. The van der Waals surface area contributed by atoms with Gasteiger partial charge in [-0.1, -0.05) is 6.07 Å². The van der Waals surface area contributed by atoms with Crippen molar-refractivity contribution in [2.75, 3.05) is 7.11 Å². The van der Waals surface area contributed by atoms with Crippen LogP contribution >= 0.6 is 0 Å². The van der Waals surface area contributed by atoms with Crippen molar-refractivity contribution in [2.45, 2.75) is 19.6 Å². The van der Waals surface area contributed by atoms with E-state index in [0.717, 1.165) is 0 Å². The van der Waals surface area contributed by atoms with Crippen LogP contribution < -0.4 is 4.74 Å². The molecule has 0 bridgehead atoms. The van der Waals surface area contributed by atoms with Crippen LogP contribution in [-0.2, 0) is 16.1 Å². The van der Waals surface area contributed by atoms with Gasteiger partial charge in [-0.2, -0.15) is 0 Å². The maximum absolute atomic E-state index is 13.2. The van der Waals surface area contributed by atoms with Gasteiger partial charge in [-0.25, -0.2) is 9.18 Å². The Morgan fingerprint density at radius 2 is 2.25 bits per heavy atom. The van der Waals surface area contributed by atoms with Gasteiger partial charge in [0.1, 0.15) is 0 Å². The lowest BCUT2D eigenvalue weighted by molar-refractivity contribution is -0.149. The van der Waals surface area contributed by atoms with Gasteiger partial charge < -0.3 is 14.6 Å². The fourth-order valence-electron chi connectivity index (χ4n) is 1.09. The molecule has 0 heterocycles. The van der Waals surface area contributed by atoms with Gasteiger partial charge in [0.25, 0.3) is 0 Å². The predicted molar refractivity (Wildman–Crippen MR) is 54.8 cm³/mol. The van der Waals surface area contributed by atoms with Crippen LogP contribution in [-0.4, -0.2) is 24.3 Å². The van der Waals surface area contributed by atoms with Gasteiger partial charge in [0.15, 0.2) is 17.7 Å². The maximum Gasteiger partial charge on any atom is 0.332 e. The lowest BCUT2D eigenvalue weighted by Crippen LogP contribution is -2.19. The number of carbonyl (C=O) groups is 1. The first-order valence-electron chi connectivity index (χ1n) is 4.71. The summed E-state index contributed by atoms with van der Waals surface area (Å²) in [6.07, 6.45) is -0.912. The summed E-state index contributed by atoms with van der Waals surface area (Å²) in [6, 6.07) is 4.35. The SMILES string of the molecule is COc1ccc(CO[C@@H](C)C(=O)O)cc1F. The van der Waals surface area contributed by atoms with Gasteiger partial charge in [0, 0.05) is 0 Å². The molecule has 1 aromatic carbocycles. The second-order valence-corrected chi connectivity index (χ2v) is 3.26. The van der Waals surface area contributed by atoms with Gasteiger partial charge in [0.2, 0.25) is 0 Å². The van der Waals surface area contributed by atoms with E-state index in [-0.39, 0.29) is 12.4 Å². The van der Waals surface area contributed by atoms with E-state index in [4.69, 9.17) is 14.6 Å². The van der Waals surface area contributed by atoms with Gasteiger partial charge in [-0.15, -0.1) is 0 Å². The van der Waals surface area contributed by atoms with Crippen LogP contribution in [0, 0.1) is 5.82 Å². The Morgan fingerprint density at radius 1 is 1.56 bits per heavy atom. The van der Waals surface area contributed by atoms with E-state index in [0.29, 0.717) is 5.56 Å². The van der Waals surface area contributed by atoms with Crippen molar-refractivity contribution < 1.29 is 23.8 Å². The zero-order valence-electron chi connectivity index (χ0n) is 9.07. The van der Waals surface area contributed by atoms with Crippen LogP contribution in [0.2, 0.25) is 0 Å². The summed E-state index contributed by atoms with van der Waals surface area (Å²) in [5, 5.41) is 8.58. The van der Waals surface area contributed by atoms with Crippen molar-refractivity contribution in [1.29, 1.82) is 0 Å². The third-order valence-corrected chi connectivity index (χ3v) is 2.06. The molecule has 1 atom stereocenters. The highest BCUT2D eigenvalue weighted by Gasteiger charge is 2.11. The highest BCUT2D eigenvalue weighted by Crippen LogP contribution is 2.18. The molecule has 0 saturated heterocycles. The zero-order valence-corrected chi connectivity index (χ0v) is 9.07. The molecule has 0 radical (unpaired) electrons. The lowest BCUT2D eigenvalue weighted by Gasteiger charge is -2.09. The molecule has 1 aromatic rings. The van der Waals surface area contributed by atoms with Crippen LogP contribution in [0.5, 0.6) is 5.75 Å². The average molecular weight is 228 g/mol. The third-order valence-electron chi connectivity index (χ3n) is 2.06. The van der Waals surface area contributed by atoms with Gasteiger partial charge in [-0.05, 0) is 24.6 Å². The molecule has 0 saturated carbocycles. The summed E-state index contributed by atoms with van der Waals surface area (Å²) in [4.78, 5) is 10.5. The molecular formula is C11H13FO4. The topological polar surface area (TPSA) is 55.8 Å². The molecule has 4 nitrogen and oxygen atoms in total. The van der Waals surface area contributed by atoms with E-state index >= 15 is 0 Å². The Kier molecular flexibility index (Phi) is 4.25. The number of benzene rings is 1. The molecular weight excluding hydrogens is 215 g/mol. The van der Waals surface area contributed by atoms with Crippen molar-refractivity contribution in [2.24, 2.45) is 0 Å². The first-order chi connectivity index (χ1) is 7.54. The number of hydrogen-bond donors (Lipinski definition) is 1. The zero-order chi connectivity index (χ0) is 12.1. The number of ether oxygens (including phenoxy) is 2. The third kappa shape index (κ3) is 3.20. The van der Waals surface area contributed by atoms with Crippen molar-refractivity contribution in [1.82, 2.24) is 0 Å². The highest BCUT2D eigenvalue weighted by molar-refractivity contribution is 5.71. The summed E-state index contributed by atoms with van der Waals surface area (Å²) in [5.41, 5.74) is 0.561. The molecule has 0 amide bonds. The Balaban J connectivity index is 2.62. The van der Waals surface area contributed by atoms with Crippen LogP contribution in [0.4, 0.5) is 4.39 Å². The fourth-order valence-corrected chi connectivity index (χ4v) is 1.09. The van der Waals surface area contributed by atoms with E-state index in [2.05, 4.69) is 0 Å². The molecule has 0 unspecified atom stereocenters. The van der Waals surface area contributed by atoms with Crippen LogP contribution in [0.1, 0.15) is 12.5 Å². The Morgan fingerprint density at radius 3 is 2.75 bits per heavy atom. The van der Waals surface area contributed by atoms with Gasteiger partial charge >= 0.3 is 5.97 Å². The van der Waals surface area contributed by atoms with E-state index in [1.54, 1.807) is 6.07 Å². The number of carboxylic acids is 1. The standard InChI is InChI=1S/C11H13FO4/c1-7(11(13)14)16-6-8-3-4-10(15-2)9(12)5-8/h3-5,7H,6H2,1-2H3,(H,13,14)/t7-/m0/s1. The second-order valence-electron chi connectivity index (χ2n) is 3.26. The molecule has 0 fully saturated rings. The molecule has 0 aliphatic heterocycles. The van der Waals surface area contributed by atoms with Crippen molar-refractivity contribution >= 4 is 5.97 Å². The summed E-state index contributed by atoms with van der Waals surface area (Å²) < 4.78 is 23.0. The van der Waals surface area contributed by atoms with Crippen LogP contribution in [0.15, 0.2) is 18.2 Å². The quantitative estimate of drug-likeness (QED) is 0.835. The number of hydrogen-bond acceptors (Lipinski definition) is 3. The molecule has 5 heteroatoms. The number of rotatable bonds is 5. The Hall–Kier alpha value is -1.62. The molecule has 0 aliphatic carbocycles. The minimum absolute atomic E-state index is 0.0500. The normalized spacial score (nSPS) is 12.2. The predicted octanol–water partition coefficient (Wildman–Crippen LogP) is 1.82. The summed E-state index contributed by atoms with van der Waals surface area (Å²) in [7, 11) is 1.38. The first kappa shape index (κ1) is 12.4. The molecule has 0 spiro atoms. The van der Waals surface area contributed by atoms with E-state index in [1.165, 1.54) is 26.2 Å². The molecule has 16 heavy (non-hydrogen) atoms. The minimum Gasteiger partial charge on any atom is -0.494 e. The molecule has 0 aliphatic rings. The van der Waals surface area contributed by atoms with Crippen LogP contribution in [0.25, 0.3) is 0 Å². The smallest absolute Gasteiger partial charge is 0.332 e. The number of methoxy groups -OCH3 is 1. The Labute approximate surface area is 92.6 Å². The van der Waals surface area contributed by atoms with Crippen molar-refractivity contribution in [3.63, 3.8) is 0 Å². The highest BCUT2D eigenvalue weighted by atomic mass is 19.1. The van der Waals surface area contributed by atoms with Crippen molar-refractivity contribution in [3.8, 4) is 5.75 Å². The largest absolute Gasteiger partial charge is 0.494 e. The number of halogens is 1. The van der Waals surface area contributed by atoms with E-state index in [9.17, 15) is 9.18 Å². The lowest BCUT2D eigenvalue weighted by atomic mass is 10.2. The summed E-state index contributed by atoms with van der Waals surface area (Å²) in [5.74, 6) is -1.39. The molecule has 0 aromatic heterocycles. The maximum atomic E-state index is 13.2. The van der Waals surface area contributed by atoms with Crippen LogP contribution in [0.3, 0.4) is 0 Å². The van der Waals surface area contributed by atoms with E-state index in [1.807, 2.05) is 0 Å². The second kappa shape index (κ2) is 5.46.